The van der Waals surface area contributed by atoms with Gasteiger partial charge in [-0.1, -0.05) is 54.1 Å². The number of nitrogens with zero attached hydrogens (tertiary/aromatic N) is 1. The Kier molecular flexibility index (Phi) is 5.76. The fourth-order valence-electron chi connectivity index (χ4n) is 3.18. The van der Waals surface area contributed by atoms with Crippen LogP contribution < -0.4 is 4.72 Å². The van der Waals surface area contributed by atoms with Crippen LogP contribution in [0.15, 0.2) is 59.5 Å². The van der Waals surface area contributed by atoms with E-state index in [0.717, 1.165) is 5.56 Å². The van der Waals surface area contributed by atoms with Crippen LogP contribution in [0.5, 0.6) is 0 Å². The third-order valence-corrected chi connectivity index (χ3v) is 6.86. The number of carbonyl (C=O) groups excluding carboxylic acids is 2. The van der Waals surface area contributed by atoms with Gasteiger partial charge < -0.3 is 4.90 Å². The maximum Gasteiger partial charge on any atom is 0.265 e. The maximum absolute atomic E-state index is 12.7. The highest BCUT2D eigenvalue weighted by Gasteiger charge is 2.50. The predicted molar refractivity (Wildman–Crippen MR) is 106 cm³/mol. The lowest BCUT2D eigenvalue weighted by Crippen LogP contribution is -2.67. The van der Waals surface area contributed by atoms with Crippen LogP contribution in [-0.4, -0.2) is 37.2 Å². The van der Waals surface area contributed by atoms with Crippen molar-refractivity contribution in [3.05, 3.63) is 65.2 Å². The Labute approximate surface area is 169 Å². The standard InChI is InChI=1S/C20H21ClN2O4S/c1-20(19(25)22-28(26,27)17-10-6-5-9-16(17)21)13-14-23(20)18(24)12-11-15-7-3-2-4-8-15/h2-10H,11-14H2,1H3,(H,22,25). The highest BCUT2D eigenvalue weighted by Crippen LogP contribution is 2.32. The first-order valence-corrected chi connectivity index (χ1v) is 10.8. The highest BCUT2D eigenvalue weighted by molar-refractivity contribution is 7.90. The molecule has 0 saturated carbocycles. The van der Waals surface area contributed by atoms with Crippen LogP contribution in [0, 0.1) is 0 Å². The summed E-state index contributed by atoms with van der Waals surface area (Å²) in [6.07, 6.45) is 1.21. The molecule has 0 spiro atoms. The number of carbonyl (C=O) groups is 2. The van der Waals surface area contributed by atoms with Gasteiger partial charge >= 0.3 is 0 Å². The summed E-state index contributed by atoms with van der Waals surface area (Å²) in [6.45, 7) is 2.00. The lowest BCUT2D eigenvalue weighted by Gasteiger charge is -2.49. The van der Waals surface area contributed by atoms with E-state index in [4.69, 9.17) is 11.6 Å². The van der Waals surface area contributed by atoms with E-state index < -0.39 is 21.5 Å². The van der Waals surface area contributed by atoms with E-state index in [1.54, 1.807) is 13.0 Å². The largest absolute Gasteiger partial charge is 0.328 e. The number of rotatable bonds is 6. The topological polar surface area (TPSA) is 83.6 Å². The lowest BCUT2D eigenvalue weighted by molar-refractivity contribution is -0.156. The molecule has 2 aromatic carbocycles. The first kappa shape index (κ1) is 20.4. The number of benzene rings is 2. The van der Waals surface area contributed by atoms with E-state index in [0.29, 0.717) is 19.4 Å². The minimum Gasteiger partial charge on any atom is -0.328 e. The van der Waals surface area contributed by atoms with E-state index in [1.165, 1.54) is 23.1 Å². The molecule has 1 saturated heterocycles. The summed E-state index contributed by atoms with van der Waals surface area (Å²) in [4.78, 5) is 26.6. The van der Waals surface area contributed by atoms with Crippen LogP contribution in [0.1, 0.15) is 25.3 Å². The van der Waals surface area contributed by atoms with E-state index in [2.05, 4.69) is 4.72 Å². The zero-order valence-electron chi connectivity index (χ0n) is 15.4. The van der Waals surface area contributed by atoms with Gasteiger partial charge in [0, 0.05) is 13.0 Å². The van der Waals surface area contributed by atoms with Gasteiger partial charge in [-0.2, -0.15) is 0 Å². The van der Waals surface area contributed by atoms with Crippen molar-refractivity contribution >= 4 is 33.4 Å². The molecule has 148 valence electrons. The van der Waals surface area contributed by atoms with Gasteiger partial charge in [0.25, 0.3) is 15.9 Å². The molecule has 0 radical (unpaired) electrons. The molecule has 1 aliphatic rings. The summed E-state index contributed by atoms with van der Waals surface area (Å²) in [7, 11) is -4.12. The average molecular weight is 421 g/mol. The fourth-order valence-corrected chi connectivity index (χ4v) is 4.77. The summed E-state index contributed by atoms with van der Waals surface area (Å²) in [5, 5.41) is 0.0253. The number of likely N-dealkylation sites (tertiary alicyclic amines) is 1. The molecule has 0 aliphatic carbocycles. The molecule has 0 bridgehead atoms. The molecular formula is C20H21ClN2O4S. The Balaban J connectivity index is 1.67. The minimum atomic E-state index is -4.12. The molecule has 2 aromatic rings. The molecule has 1 heterocycles. The summed E-state index contributed by atoms with van der Waals surface area (Å²) in [5.41, 5.74) is -0.161. The van der Waals surface area contributed by atoms with Crippen LogP contribution >= 0.6 is 11.6 Å². The zero-order valence-corrected chi connectivity index (χ0v) is 17.0. The number of nitrogens with one attached hydrogen (secondary N) is 1. The molecule has 28 heavy (non-hydrogen) atoms. The molecule has 8 heteroatoms. The summed E-state index contributed by atoms with van der Waals surface area (Å²) in [6, 6.07) is 15.5. The van der Waals surface area contributed by atoms with Gasteiger partial charge in [0.2, 0.25) is 5.91 Å². The minimum absolute atomic E-state index is 0.0253. The Hall–Kier alpha value is -2.38. The van der Waals surface area contributed by atoms with E-state index >= 15 is 0 Å². The van der Waals surface area contributed by atoms with Gasteiger partial charge in [0.05, 0.1) is 5.02 Å². The summed E-state index contributed by atoms with van der Waals surface area (Å²) in [5.74, 6) is -0.908. The van der Waals surface area contributed by atoms with Crippen LogP contribution in [0.2, 0.25) is 5.02 Å². The van der Waals surface area contributed by atoms with Crippen molar-refractivity contribution in [2.75, 3.05) is 6.54 Å². The molecule has 1 fully saturated rings. The number of sulfonamides is 1. The molecule has 1 unspecified atom stereocenters. The van der Waals surface area contributed by atoms with Gasteiger partial charge in [0.1, 0.15) is 10.4 Å². The van der Waals surface area contributed by atoms with Crippen LogP contribution in [0.4, 0.5) is 0 Å². The summed E-state index contributed by atoms with van der Waals surface area (Å²) < 4.78 is 27.1. The third-order valence-electron chi connectivity index (χ3n) is 5.03. The molecule has 1 N–H and O–H groups in total. The molecule has 0 aromatic heterocycles. The normalized spacial score (nSPS) is 19.0. The quantitative estimate of drug-likeness (QED) is 0.778. The van der Waals surface area contributed by atoms with E-state index in [9.17, 15) is 18.0 Å². The van der Waals surface area contributed by atoms with Crippen LogP contribution in [0.3, 0.4) is 0 Å². The number of amides is 2. The van der Waals surface area contributed by atoms with Crippen molar-refractivity contribution in [3.8, 4) is 0 Å². The third kappa shape index (κ3) is 4.05. The molecule has 3 rings (SSSR count). The van der Waals surface area contributed by atoms with Crippen molar-refractivity contribution < 1.29 is 18.0 Å². The molecule has 1 aliphatic heterocycles. The zero-order chi connectivity index (χ0) is 20.4. The van der Waals surface area contributed by atoms with Gasteiger partial charge in [-0.3, -0.25) is 9.59 Å². The Morgan fingerprint density at radius 2 is 1.75 bits per heavy atom. The Morgan fingerprint density at radius 3 is 2.36 bits per heavy atom. The van der Waals surface area contributed by atoms with Crippen LogP contribution in [0.25, 0.3) is 0 Å². The Bertz CT molecular complexity index is 994. The molecule has 2 amide bonds. The van der Waals surface area contributed by atoms with Gasteiger partial charge in [-0.15, -0.1) is 0 Å². The number of hydrogen-bond donors (Lipinski definition) is 1. The number of aryl methyl sites for hydroxylation is 1. The second kappa shape index (κ2) is 7.93. The summed E-state index contributed by atoms with van der Waals surface area (Å²) >= 11 is 5.94. The smallest absolute Gasteiger partial charge is 0.265 e. The Morgan fingerprint density at radius 1 is 1.11 bits per heavy atom. The molecule has 6 nitrogen and oxygen atoms in total. The van der Waals surface area contributed by atoms with Gasteiger partial charge in [-0.05, 0) is 37.5 Å². The van der Waals surface area contributed by atoms with E-state index in [-0.39, 0.29) is 22.2 Å². The second-order valence-corrected chi connectivity index (χ2v) is 8.98. The SMILES string of the molecule is CC1(C(=O)NS(=O)(=O)c2ccccc2Cl)CCN1C(=O)CCc1ccccc1. The fraction of sp³-hybridized carbons (Fsp3) is 0.300. The number of hydrogen-bond acceptors (Lipinski definition) is 4. The molecular weight excluding hydrogens is 400 g/mol. The van der Waals surface area contributed by atoms with Crippen molar-refractivity contribution in [2.45, 2.75) is 36.6 Å². The van der Waals surface area contributed by atoms with Gasteiger partial charge in [0.15, 0.2) is 0 Å². The average Bonchev–Trinajstić information content (AvgIpc) is 2.65. The monoisotopic (exact) mass is 420 g/mol. The molecule has 1 atom stereocenters. The van der Waals surface area contributed by atoms with E-state index in [1.807, 2.05) is 30.3 Å². The van der Waals surface area contributed by atoms with Crippen molar-refractivity contribution in [1.29, 1.82) is 0 Å². The van der Waals surface area contributed by atoms with Gasteiger partial charge in [-0.25, -0.2) is 13.1 Å². The van der Waals surface area contributed by atoms with Crippen molar-refractivity contribution in [3.63, 3.8) is 0 Å². The van der Waals surface area contributed by atoms with Crippen molar-refractivity contribution in [2.24, 2.45) is 0 Å². The van der Waals surface area contributed by atoms with Crippen molar-refractivity contribution in [1.82, 2.24) is 9.62 Å². The predicted octanol–water partition coefficient (Wildman–Crippen LogP) is 2.77. The maximum atomic E-state index is 12.7. The first-order valence-electron chi connectivity index (χ1n) is 8.90. The number of halogens is 1. The second-order valence-electron chi connectivity index (χ2n) is 6.92. The first-order chi connectivity index (χ1) is 13.2. The van der Waals surface area contributed by atoms with Crippen LogP contribution in [-0.2, 0) is 26.0 Å². The highest BCUT2D eigenvalue weighted by atomic mass is 35.5. The lowest BCUT2D eigenvalue weighted by atomic mass is 9.85.